The second kappa shape index (κ2) is 5.27. The predicted octanol–water partition coefficient (Wildman–Crippen LogP) is 2.45. The molecule has 0 unspecified atom stereocenters. The molecule has 0 aliphatic carbocycles. The van der Waals surface area contributed by atoms with Crippen LogP contribution in [0, 0.1) is 0 Å². The van der Waals surface area contributed by atoms with Crippen LogP contribution in [0.25, 0.3) is 0 Å². The Bertz CT molecular complexity index is 468. The molecule has 2 heterocycles. The molecule has 3 heteroatoms. The van der Waals surface area contributed by atoms with Gasteiger partial charge in [0.25, 0.3) is 0 Å². The first kappa shape index (κ1) is 11.4. The minimum atomic E-state index is 0.513. The number of furan rings is 1. The van der Waals surface area contributed by atoms with E-state index in [1.54, 1.807) is 6.26 Å². The SMILES string of the molecule is c1coc(CCNC[C@@H]2Cc3ccccc3N2)c1. The van der Waals surface area contributed by atoms with E-state index >= 15 is 0 Å². The number of nitrogens with one attached hydrogen (secondary N) is 2. The maximum Gasteiger partial charge on any atom is 0.105 e. The molecular formula is C15H18N2O. The highest BCUT2D eigenvalue weighted by Gasteiger charge is 2.18. The highest BCUT2D eigenvalue weighted by Crippen LogP contribution is 2.24. The van der Waals surface area contributed by atoms with E-state index in [-0.39, 0.29) is 0 Å². The molecule has 3 rings (SSSR count). The van der Waals surface area contributed by atoms with E-state index in [0.717, 1.165) is 31.7 Å². The van der Waals surface area contributed by atoms with Gasteiger partial charge in [0.2, 0.25) is 0 Å². The average Bonchev–Trinajstić information content (AvgIpc) is 3.03. The summed E-state index contributed by atoms with van der Waals surface area (Å²) < 4.78 is 5.30. The maximum atomic E-state index is 5.30. The van der Waals surface area contributed by atoms with Crippen LogP contribution in [-0.2, 0) is 12.8 Å². The lowest BCUT2D eigenvalue weighted by molar-refractivity contribution is 0.495. The summed E-state index contributed by atoms with van der Waals surface area (Å²) >= 11 is 0. The molecule has 1 atom stereocenters. The molecule has 0 radical (unpaired) electrons. The van der Waals surface area contributed by atoms with Crippen molar-refractivity contribution >= 4 is 5.69 Å². The van der Waals surface area contributed by atoms with Crippen molar-refractivity contribution in [2.24, 2.45) is 0 Å². The summed E-state index contributed by atoms with van der Waals surface area (Å²) in [7, 11) is 0. The van der Waals surface area contributed by atoms with E-state index < -0.39 is 0 Å². The molecule has 0 saturated carbocycles. The normalized spacial score (nSPS) is 17.4. The topological polar surface area (TPSA) is 37.2 Å². The first-order chi connectivity index (χ1) is 8.92. The fourth-order valence-electron chi connectivity index (χ4n) is 2.44. The van der Waals surface area contributed by atoms with Crippen molar-refractivity contribution in [2.75, 3.05) is 18.4 Å². The van der Waals surface area contributed by atoms with Crippen LogP contribution in [-0.4, -0.2) is 19.1 Å². The fourth-order valence-corrected chi connectivity index (χ4v) is 2.44. The second-order valence-electron chi connectivity index (χ2n) is 4.74. The lowest BCUT2D eigenvalue weighted by atomic mass is 10.1. The summed E-state index contributed by atoms with van der Waals surface area (Å²) in [6.45, 7) is 1.96. The van der Waals surface area contributed by atoms with Crippen molar-refractivity contribution in [1.82, 2.24) is 5.32 Å². The molecule has 18 heavy (non-hydrogen) atoms. The van der Waals surface area contributed by atoms with Crippen molar-refractivity contribution in [3.05, 3.63) is 54.0 Å². The molecule has 1 aliphatic rings. The molecule has 1 aromatic carbocycles. The van der Waals surface area contributed by atoms with E-state index in [1.165, 1.54) is 11.3 Å². The summed E-state index contributed by atoms with van der Waals surface area (Å²) in [6.07, 6.45) is 3.79. The van der Waals surface area contributed by atoms with Crippen LogP contribution in [0.4, 0.5) is 5.69 Å². The summed E-state index contributed by atoms with van der Waals surface area (Å²) in [5.41, 5.74) is 2.71. The number of benzene rings is 1. The molecule has 0 spiro atoms. The third kappa shape index (κ3) is 2.57. The number of hydrogen-bond donors (Lipinski definition) is 2. The molecule has 2 N–H and O–H groups in total. The van der Waals surface area contributed by atoms with Crippen LogP contribution in [0.2, 0.25) is 0 Å². The molecule has 0 bridgehead atoms. The van der Waals surface area contributed by atoms with E-state index in [1.807, 2.05) is 12.1 Å². The monoisotopic (exact) mass is 242 g/mol. The zero-order chi connectivity index (χ0) is 12.2. The van der Waals surface area contributed by atoms with Crippen LogP contribution in [0.1, 0.15) is 11.3 Å². The van der Waals surface area contributed by atoms with Crippen molar-refractivity contribution in [2.45, 2.75) is 18.9 Å². The summed E-state index contributed by atoms with van der Waals surface area (Å²) in [4.78, 5) is 0. The minimum Gasteiger partial charge on any atom is -0.469 e. The number of rotatable bonds is 5. The Balaban J connectivity index is 1.41. The number of anilines is 1. The first-order valence-electron chi connectivity index (χ1n) is 6.49. The smallest absolute Gasteiger partial charge is 0.105 e. The van der Waals surface area contributed by atoms with Gasteiger partial charge >= 0.3 is 0 Å². The van der Waals surface area contributed by atoms with Gasteiger partial charge in [0, 0.05) is 31.2 Å². The molecule has 3 nitrogen and oxygen atoms in total. The zero-order valence-corrected chi connectivity index (χ0v) is 10.4. The maximum absolute atomic E-state index is 5.30. The molecule has 0 amide bonds. The van der Waals surface area contributed by atoms with Gasteiger partial charge in [-0.05, 0) is 30.2 Å². The standard InChI is InChI=1S/C15H18N2O/c1-2-6-15-12(4-1)10-13(17-15)11-16-8-7-14-5-3-9-18-14/h1-6,9,13,16-17H,7-8,10-11H2/t13-/m0/s1. The van der Waals surface area contributed by atoms with Gasteiger partial charge in [-0.15, -0.1) is 0 Å². The average molecular weight is 242 g/mol. The van der Waals surface area contributed by atoms with Crippen LogP contribution in [0.3, 0.4) is 0 Å². The Hall–Kier alpha value is -1.74. The minimum absolute atomic E-state index is 0.513. The summed E-state index contributed by atoms with van der Waals surface area (Å²) in [6, 6.07) is 13.0. The van der Waals surface area contributed by atoms with Crippen LogP contribution in [0.15, 0.2) is 47.1 Å². The Kier molecular flexibility index (Phi) is 3.33. The third-order valence-electron chi connectivity index (χ3n) is 3.36. The van der Waals surface area contributed by atoms with Crippen molar-refractivity contribution in [3.63, 3.8) is 0 Å². The van der Waals surface area contributed by atoms with E-state index in [9.17, 15) is 0 Å². The van der Waals surface area contributed by atoms with Crippen molar-refractivity contribution in [3.8, 4) is 0 Å². The van der Waals surface area contributed by atoms with Gasteiger partial charge in [-0.25, -0.2) is 0 Å². The van der Waals surface area contributed by atoms with Gasteiger partial charge in [-0.3, -0.25) is 0 Å². The molecule has 94 valence electrons. The molecular weight excluding hydrogens is 224 g/mol. The third-order valence-corrected chi connectivity index (χ3v) is 3.36. The largest absolute Gasteiger partial charge is 0.469 e. The Morgan fingerprint density at radius 2 is 2.17 bits per heavy atom. The van der Waals surface area contributed by atoms with Crippen LogP contribution >= 0.6 is 0 Å². The van der Waals surface area contributed by atoms with Crippen molar-refractivity contribution in [1.29, 1.82) is 0 Å². The Labute approximate surface area is 107 Å². The van der Waals surface area contributed by atoms with Gasteiger partial charge in [0.15, 0.2) is 0 Å². The van der Waals surface area contributed by atoms with Crippen LogP contribution in [0.5, 0.6) is 0 Å². The van der Waals surface area contributed by atoms with Gasteiger partial charge in [0.1, 0.15) is 5.76 Å². The summed E-state index contributed by atoms with van der Waals surface area (Å²) in [5, 5.41) is 7.02. The lowest BCUT2D eigenvalue weighted by Gasteiger charge is -2.11. The van der Waals surface area contributed by atoms with Gasteiger partial charge < -0.3 is 15.1 Å². The zero-order valence-electron chi connectivity index (χ0n) is 10.4. The highest BCUT2D eigenvalue weighted by atomic mass is 16.3. The number of fused-ring (bicyclic) bond motifs is 1. The fraction of sp³-hybridized carbons (Fsp3) is 0.333. The molecule has 2 aromatic rings. The lowest BCUT2D eigenvalue weighted by Crippen LogP contribution is -2.32. The first-order valence-corrected chi connectivity index (χ1v) is 6.49. The molecule has 0 saturated heterocycles. The molecule has 1 aromatic heterocycles. The van der Waals surface area contributed by atoms with Gasteiger partial charge in [0.05, 0.1) is 6.26 Å². The highest BCUT2D eigenvalue weighted by molar-refractivity contribution is 5.56. The van der Waals surface area contributed by atoms with Crippen LogP contribution < -0.4 is 10.6 Å². The number of para-hydroxylation sites is 1. The quantitative estimate of drug-likeness (QED) is 0.791. The van der Waals surface area contributed by atoms with Crippen molar-refractivity contribution < 1.29 is 4.42 Å². The predicted molar refractivity (Wildman–Crippen MR) is 72.8 cm³/mol. The van der Waals surface area contributed by atoms with E-state index in [0.29, 0.717) is 6.04 Å². The second-order valence-corrected chi connectivity index (χ2v) is 4.74. The van der Waals surface area contributed by atoms with Gasteiger partial charge in [-0.2, -0.15) is 0 Å². The number of hydrogen-bond acceptors (Lipinski definition) is 3. The molecule has 1 aliphatic heterocycles. The Morgan fingerprint density at radius 3 is 3.00 bits per heavy atom. The van der Waals surface area contributed by atoms with Gasteiger partial charge in [-0.1, -0.05) is 18.2 Å². The molecule has 0 fully saturated rings. The summed E-state index contributed by atoms with van der Waals surface area (Å²) in [5.74, 6) is 1.05. The van der Waals surface area contributed by atoms with E-state index in [4.69, 9.17) is 4.42 Å². The van der Waals surface area contributed by atoms with E-state index in [2.05, 4.69) is 34.9 Å². The Morgan fingerprint density at radius 1 is 1.22 bits per heavy atom.